The number of nitro groups is 1. The van der Waals surface area contributed by atoms with E-state index in [-0.39, 0.29) is 5.69 Å². The van der Waals surface area contributed by atoms with Crippen LogP contribution in [0.15, 0.2) is 30.3 Å². The molecule has 0 spiro atoms. The average Bonchev–Trinajstić information content (AvgIpc) is 2.38. The highest BCUT2D eigenvalue weighted by atomic mass is 16.6. The normalized spacial score (nSPS) is 10.9. The number of nitro benzene ring substituents is 1. The van der Waals surface area contributed by atoms with Crippen molar-refractivity contribution >= 4 is 17.4 Å². The van der Waals surface area contributed by atoms with E-state index in [2.05, 4.69) is 4.74 Å². The molecule has 0 unspecified atom stereocenters. The van der Waals surface area contributed by atoms with Crippen molar-refractivity contribution in [3.8, 4) is 0 Å². The molecular formula is C12H13NO5. The summed E-state index contributed by atoms with van der Waals surface area (Å²) in [6, 6.07) is 5.73. The Hall–Kier alpha value is -2.37. The van der Waals surface area contributed by atoms with Gasteiger partial charge in [-0.15, -0.1) is 0 Å². The van der Waals surface area contributed by atoms with Crippen molar-refractivity contribution in [2.45, 2.75) is 6.92 Å². The number of non-ortho nitro benzene ring substituents is 1. The first kappa shape index (κ1) is 13.7. The maximum atomic E-state index is 11.2. The summed E-state index contributed by atoms with van der Waals surface area (Å²) in [4.78, 5) is 21.2. The van der Waals surface area contributed by atoms with Gasteiger partial charge < -0.3 is 9.47 Å². The largest absolute Gasteiger partial charge is 0.493 e. The standard InChI is InChI=1S/C12H13NO5/c1-3-18-11(8-12(14)17-2)9-4-6-10(7-5-9)13(15)16/h4-8H,3H2,1-2H3/b11-8+. The van der Waals surface area contributed by atoms with Crippen molar-refractivity contribution in [1.82, 2.24) is 0 Å². The molecule has 0 amide bonds. The Morgan fingerprint density at radius 3 is 2.44 bits per heavy atom. The van der Waals surface area contributed by atoms with E-state index >= 15 is 0 Å². The fourth-order valence-corrected chi connectivity index (χ4v) is 1.28. The predicted molar refractivity (Wildman–Crippen MR) is 64.7 cm³/mol. The number of hydrogen-bond donors (Lipinski definition) is 0. The van der Waals surface area contributed by atoms with Crippen molar-refractivity contribution < 1.29 is 19.2 Å². The van der Waals surface area contributed by atoms with Gasteiger partial charge in [-0.3, -0.25) is 10.1 Å². The summed E-state index contributed by atoms with van der Waals surface area (Å²) in [5.41, 5.74) is 0.556. The van der Waals surface area contributed by atoms with Crippen LogP contribution in [-0.4, -0.2) is 24.6 Å². The molecule has 0 radical (unpaired) electrons. The molecule has 0 saturated heterocycles. The van der Waals surface area contributed by atoms with Crippen molar-refractivity contribution in [2.75, 3.05) is 13.7 Å². The third kappa shape index (κ3) is 3.58. The molecule has 0 N–H and O–H groups in total. The summed E-state index contributed by atoms with van der Waals surface area (Å²) in [5.74, 6) is -0.226. The second-order valence-electron chi connectivity index (χ2n) is 3.27. The molecule has 0 aliphatic carbocycles. The molecule has 96 valence electrons. The minimum absolute atomic E-state index is 0.0207. The molecule has 0 atom stereocenters. The molecule has 1 aromatic carbocycles. The Bertz CT molecular complexity index is 464. The Morgan fingerprint density at radius 1 is 1.39 bits per heavy atom. The summed E-state index contributed by atoms with van der Waals surface area (Å²) in [6.07, 6.45) is 1.20. The second kappa shape index (κ2) is 6.39. The molecule has 6 nitrogen and oxygen atoms in total. The first-order valence-corrected chi connectivity index (χ1v) is 5.25. The van der Waals surface area contributed by atoms with E-state index in [4.69, 9.17) is 4.74 Å². The van der Waals surface area contributed by atoms with Gasteiger partial charge in [-0.25, -0.2) is 4.79 Å². The topological polar surface area (TPSA) is 78.7 Å². The predicted octanol–water partition coefficient (Wildman–Crippen LogP) is 2.15. The number of rotatable bonds is 5. The third-order valence-electron chi connectivity index (χ3n) is 2.11. The average molecular weight is 251 g/mol. The summed E-state index contributed by atoms with van der Waals surface area (Å²) >= 11 is 0. The van der Waals surface area contributed by atoms with Gasteiger partial charge in [0.05, 0.1) is 24.7 Å². The van der Waals surface area contributed by atoms with Gasteiger partial charge in [-0.1, -0.05) is 0 Å². The molecule has 0 bridgehead atoms. The van der Waals surface area contributed by atoms with Crippen LogP contribution < -0.4 is 0 Å². The van der Waals surface area contributed by atoms with Gasteiger partial charge in [0, 0.05) is 17.7 Å². The molecule has 0 aromatic heterocycles. The Morgan fingerprint density at radius 2 is 2.00 bits per heavy atom. The number of methoxy groups -OCH3 is 1. The van der Waals surface area contributed by atoms with E-state index in [1.165, 1.54) is 37.5 Å². The number of carbonyl (C=O) groups is 1. The van der Waals surface area contributed by atoms with E-state index in [1.54, 1.807) is 6.92 Å². The van der Waals surface area contributed by atoms with E-state index in [1.807, 2.05) is 0 Å². The zero-order chi connectivity index (χ0) is 13.5. The third-order valence-corrected chi connectivity index (χ3v) is 2.11. The Balaban J connectivity index is 3.03. The second-order valence-corrected chi connectivity index (χ2v) is 3.27. The van der Waals surface area contributed by atoms with Crippen LogP contribution in [0.3, 0.4) is 0 Å². The van der Waals surface area contributed by atoms with E-state index in [9.17, 15) is 14.9 Å². The SMILES string of the molecule is CCO/C(=C/C(=O)OC)c1ccc([N+](=O)[O-])cc1. The van der Waals surface area contributed by atoms with Gasteiger partial charge in [0.25, 0.3) is 5.69 Å². The highest BCUT2D eigenvalue weighted by molar-refractivity contribution is 5.89. The summed E-state index contributed by atoms with van der Waals surface area (Å²) in [5, 5.41) is 10.5. The van der Waals surface area contributed by atoms with Crippen molar-refractivity contribution in [3.05, 3.63) is 46.0 Å². The minimum atomic E-state index is -0.545. The van der Waals surface area contributed by atoms with Crippen LogP contribution >= 0.6 is 0 Å². The van der Waals surface area contributed by atoms with Crippen molar-refractivity contribution in [2.24, 2.45) is 0 Å². The van der Waals surface area contributed by atoms with Crippen LogP contribution in [0.4, 0.5) is 5.69 Å². The number of nitrogens with zero attached hydrogens (tertiary/aromatic N) is 1. The lowest BCUT2D eigenvalue weighted by Gasteiger charge is -2.08. The first-order valence-electron chi connectivity index (χ1n) is 5.25. The van der Waals surface area contributed by atoms with Crippen LogP contribution in [0.1, 0.15) is 12.5 Å². The quantitative estimate of drug-likeness (QED) is 0.263. The number of carbonyl (C=O) groups excluding carboxylic acids is 1. The zero-order valence-corrected chi connectivity index (χ0v) is 10.1. The van der Waals surface area contributed by atoms with E-state index < -0.39 is 10.9 Å². The van der Waals surface area contributed by atoms with Crippen molar-refractivity contribution in [1.29, 1.82) is 0 Å². The van der Waals surface area contributed by atoms with Gasteiger partial charge in [-0.05, 0) is 19.1 Å². The van der Waals surface area contributed by atoms with Gasteiger partial charge >= 0.3 is 5.97 Å². The molecule has 1 aromatic rings. The zero-order valence-electron chi connectivity index (χ0n) is 10.1. The summed E-state index contributed by atoms with van der Waals surface area (Å²) in [7, 11) is 1.26. The van der Waals surface area contributed by atoms with Crippen LogP contribution in [-0.2, 0) is 14.3 Å². The lowest BCUT2D eigenvalue weighted by atomic mass is 10.1. The van der Waals surface area contributed by atoms with Crippen LogP contribution in [0.25, 0.3) is 5.76 Å². The van der Waals surface area contributed by atoms with Gasteiger partial charge in [0.1, 0.15) is 5.76 Å². The van der Waals surface area contributed by atoms with E-state index in [0.29, 0.717) is 17.9 Å². The summed E-state index contributed by atoms with van der Waals surface area (Å²) in [6.45, 7) is 2.15. The number of hydrogen-bond acceptors (Lipinski definition) is 5. The number of ether oxygens (including phenoxy) is 2. The molecule has 18 heavy (non-hydrogen) atoms. The Labute approximate surface area is 104 Å². The molecular weight excluding hydrogens is 238 g/mol. The monoisotopic (exact) mass is 251 g/mol. The lowest BCUT2D eigenvalue weighted by Crippen LogP contribution is -2.00. The minimum Gasteiger partial charge on any atom is -0.493 e. The van der Waals surface area contributed by atoms with Gasteiger partial charge in [0.15, 0.2) is 0 Å². The van der Waals surface area contributed by atoms with Crippen LogP contribution in [0.5, 0.6) is 0 Å². The molecule has 0 aliphatic rings. The smallest absolute Gasteiger partial charge is 0.334 e. The number of benzene rings is 1. The number of esters is 1. The highest BCUT2D eigenvalue weighted by Gasteiger charge is 2.09. The van der Waals surface area contributed by atoms with Crippen LogP contribution in [0, 0.1) is 10.1 Å². The van der Waals surface area contributed by atoms with Gasteiger partial charge in [0.2, 0.25) is 0 Å². The lowest BCUT2D eigenvalue weighted by molar-refractivity contribution is -0.384. The molecule has 0 saturated carbocycles. The fourth-order valence-electron chi connectivity index (χ4n) is 1.28. The molecule has 0 fully saturated rings. The van der Waals surface area contributed by atoms with E-state index in [0.717, 1.165) is 0 Å². The van der Waals surface area contributed by atoms with Crippen LogP contribution in [0.2, 0.25) is 0 Å². The molecule has 0 heterocycles. The highest BCUT2D eigenvalue weighted by Crippen LogP contribution is 2.19. The van der Waals surface area contributed by atoms with Crippen molar-refractivity contribution in [3.63, 3.8) is 0 Å². The fraction of sp³-hybridized carbons (Fsp3) is 0.250. The molecule has 1 rings (SSSR count). The maximum absolute atomic E-state index is 11.2. The molecule has 0 aliphatic heterocycles. The Kier molecular flexibility index (Phi) is 4.86. The maximum Gasteiger partial charge on any atom is 0.334 e. The summed E-state index contributed by atoms with van der Waals surface area (Å²) < 4.78 is 9.80. The molecule has 6 heteroatoms. The first-order chi connectivity index (χ1) is 8.58. The van der Waals surface area contributed by atoms with Gasteiger partial charge in [-0.2, -0.15) is 0 Å².